The van der Waals surface area contributed by atoms with Crippen LogP contribution in [0.15, 0.2) is 12.4 Å². The molecule has 0 fully saturated rings. The fraction of sp³-hybridized carbons (Fsp3) is 0.750. The molecule has 0 aliphatic rings. The van der Waals surface area contributed by atoms with Gasteiger partial charge in [-0.1, -0.05) is 27.7 Å². The Balaban J connectivity index is 2.76. The highest BCUT2D eigenvalue weighted by molar-refractivity contribution is 5.48. The third kappa shape index (κ3) is 6.22. The predicted octanol–water partition coefficient (Wildman–Crippen LogP) is 3.81. The monoisotopic (exact) mass is 278 g/mol. The molecule has 0 amide bonds. The maximum Gasteiger partial charge on any atom is 0.134 e. The summed E-state index contributed by atoms with van der Waals surface area (Å²) in [4.78, 5) is 11.1. The van der Waals surface area contributed by atoms with Crippen molar-refractivity contribution in [2.75, 3.05) is 29.9 Å². The highest BCUT2D eigenvalue weighted by Crippen LogP contribution is 2.17. The van der Waals surface area contributed by atoms with E-state index in [0.29, 0.717) is 11.8 Å². The average molecular weight is 278 g/mol. The van der Waals surface area contributed by atoms with E-state index < -0.39 is 0 Å². The van der Waals surface area contributed by atoms with Gasteiger partial charge in [0.1, 0.15) is 18.0 Å². The Morgan fingerprint density at radius 2 is 1.65 bits per heavy atom. The Bertz CT molecular complexity index is 364. The molecule has 1 N–H and O–H groups in total. The van der Waals surface area contributed by atoms with Gasteiger partial charge in [-0.2, -0.15) is 0 Å². The van der Waals surface area contributed by atoms with Crippen LogP contribution in [0, 0.1) is 11.8 Å². The highest BCUT2D eigenvalue weighted by Gasteiger charge is 2.10. The van der Waals surface area contributed by atoms with Crippen LogP contribution in [0.2, 0.25) is 0 Å². The molecule has 0 unspecified atom stereocenters. The van der Waals surface area contributed by atoms with E-state index in [1.165, 1.54) is 12.8 Å². The van der Waals surface area contributed by atoms with E-state index in [1.54, 1.807) is 6.33 Å². The fourth-order valence-corrected chi connectivity index (χ4v) is 1.97. The molecular formula is C16H30N4. The van der Waals surface area contributed by atoms with Crippen LogP contribution >= 0.6 is 0 Å². The number of nitrogens with zero attached hydrogens (tertiary/aromatic N) is 3. The van der Waals surface area contributed by atoms with Crippen molar-refractivity contribution < 1.29 is 0 Å². The molecule has 0 saturated carbocycles. The van der Waals surface area contributed by atoms with Gasteiger partial charge in [0.2, 0.25) is 0 Å². The first-order valence-electron chi connectivity index (χ1n) is 7.83. The lowest BCUT2D eigenvalue weighted by Crippen LogP contribution is -2.28. The standard InChI is InChI=1S/C16H30N4/c1-6-17-15-11-16(19-12-18-15)20(9-7-13(2)3)10-8-14(4)5/h11-14H,6-10H2,1-5H3,(H,17,18,19). The molecule has 0 radical (unpaired) electrons. The number of aromatic nitrogens is 2. The number of nitrogens with one attached hydrogen (secondary N) is 1. The summed E-state index contributed by atoms with van der Waals surface area (Å²) >= 11 is 0. The van der Waals surface area contributed by atoms with Crippen molar-refractivity contribution in [1.29, 1.82) is 0 Å². The molecule has 0 aliphatic carbocycles. The van der Waals surface area contributed by atoms with Crippen LogP contribution in [-0.2, 0) is 0 Å². The molecule has 0 bridgehead atoms. The molecule has 0 saturated heterocycles. The van der Waals surface area contributed by atoms with Gasteiger partial charge < -0.3 is 10.2 Å². The lowest BCUT2D eigenvalue weighted by atomic mass is 10.1. The highest BCUT2D eigenvalue weighted by atomic mass is 15.2. The summed E-state index contributed by atoms with van der Waals surface area (Å²) in [6.07, 6.45) is 4.04. The second-order valence-corrected chi connectivity index (χ2v) is 6.14. The zero-order valence-corrected chi connectivity index (χ0v) is 13.7. The van der Waals surface area contributed by atoms with Gasteiger partial charge in [-0.25, -0.2) is 9.97 Å². The van der Waals surface area contributed by atoms with Crippen molar-refractivity contribution in [2.24, 2.45) is 11.8 Å². The smallest absolute Gasteiger partial charge is 0.134 e. The first-order chi connectivity index (χ1) is 9.52. The van der Waals surface area contributed by atoms with Gasteiger partial charge in [0.15, 0.2) is 0 Å². The molecule has 1 aromatic heterocycles. The van der Waals surface area contributed by atoms with Crippen molar-refractivity contribution in [2.45, 2.75) is 47.5 Å². The van der Waals surface area contributed by atoms with Crippen molar-refractivity contribution in [3.05, 3.63) is 12.4 Å². The summed E-state index contributed by atoms with van der Waals surface area (Å²) in [6.45, 7) is 14.2. The van der Waals surface area contributed by atoms with Crippen LogP contribution in [0.5, 0.6) is 0 Å². The second-order valence-electron chi connectivity index (χ2n) is 6.14. The molecule has 0 aliphatic heterocycles. The molecule has 4 nitrogen and oxygen atoms in total. The van der Waals surface area contributed by atoms with Crippen LogP contribution in [0.4, 0.5) is 11.6 Å². The lowest BCUT2D eigenvalue weighted by Gasteiger charge is -2.25. The van der Waals surface area contributed by atoms with Gasteiger partial charge >= 0.3 is 0 Å². The quantitative estimate of drug-likeness (QED) is 0.746. The fourth-order valence-electron chi connectivity index (χ4n) is 1.97. The molecule has 1 rings (SSSR count). The van der Waals surface area contributed by atoms with E-state index in [1.807, 2.05) is 0 Å². The van der Waals surface area contributed by atoms with Crippen LogP contribution < -0.4 is 10.2 Å². The van der Waals surface area contributed by atoms with Crippen LogP contribution in [0.1, 0.15) is 47.5 Å². The van der Waals surface area contributed by atoms with Gasteiger partial charge in [0.25, 0.3) is 0 Å². The Hall–Kier alpha value is -1.32. The van der Waals surface area contributed by atoms with Gasteiger partial charge in [0.05, 0.1) is 0 Å². The predicted molar refractivity (Wildman–Crippen MR) is 87.3 cm³/mol. The van der Waals surface area contributed by atoms with E-state index >= 15 is 0 Å². The van der Waals surface area contributed by atoms with E-state index in [2.05, 4.69) is 60.9 Å². The molecule has 4 heteroatoms. The third-order valence-corrected chi connectivity index (χ3v) is 3.29. The summed E-state index contributed by atoms with van der Waals surface area (Å²) in [5.41, 5.74) is 0. The number of hydrogen-bond acceptors (Lipinski definition) is 4. The van der Waals surface area contributed by atoms with Gasteiger partial charge in [-0.15, -0.1) is 0 Å². The molecule has 20 heavy (non-hydrogen) atoms. The zero-order chi connectivity index (χ0) is 15.0. The Kier molecular flexibility index (Phi) is 7.34. The number of anilines is 2. The molecule has 0 atom stereocenters. The maximum absolute atomic E-state index is 4.45. The Morgan fingerprint density at radius 3 is 2.15 bits per heavy atom. The summed E-state index contributed by atoms with van der Waals surface area (Å²) < 4.78 is 0. The van der Waals surface area contributed by atoms with E-state index in [4.69, 9.17) is 0 Å². The maximum atomic E-state index is 4.45. The molecule has 1 aromatic rings. The molecule has 0 spiro atoms. The van der Waals surface area contributed by atoms with Gasteiger partial charge in [-0.05, 0) is 31.6 Å². The minimum Gasteiger partial charge on any atom is -0.370 e. The van der Waals surface area contributed by atoms with Crippen molar-refractivity contribution in [3.63, 3.8) is 0 Å². The minimum absolute atomic E-state index is 0.714. The normalized spacial score (nSPS) is 11.2. The van der Waals surface area contributed by atoms with E-state index in [0.717, 1.165) is 31.3 Å². The van der Waals surface area contributed by atoms with Gasteiger partial charge in [-0.3, -0.25) is 0 Å². The lowest BCUT2D eigenvalue weighted by molar-refractivity contribution is 0.533. The molecule has 1 heterocycles. The minimum atomic E-state index is 0.714. The first kappa shape index (κ1) is 16.7. The van der Waals surface area contributed by atoms with Crippen LogP contribution in [-0.4, -0.2) is 29.6 Å². The first-order valence-corrected chi connectivity index (χ1v) is 7.83. The SMILES string of the molecule is CCNc1cc(N(CCC(C)C)CCC(C)C)ncn1. The average Bonchev–Trinajstić information content (AvgIpc) is 2.39. The van der Waals surface area contributed by atoms with Crippen molar-refractivity contribution in [1.82, 2.24) is 9.97 Å². The largest absolute Gasteiger partial charge is 0.370 e. The Labute approximate surface area is 124 Å². The zero-order valence-electron chi connectivity index (χ0n) is 13.7. The second kappa shape index (κ2) is 8.77. The third-order valence-electron chi connectivity index (χ3n) is 3.29. The van der Waals surface area contributed by atoms with Crippen LogP contribution in [0.3, 0.4) is 0 Å². The van der Waals surface area contributed by atoms with Crippen molar-refractivity contribution in [3.8, 4) is 0 Å². The van der Waals surface area contributed by atoms with Crippen LogP contribution in [0.25, 0.3) is 0 Å². The van der Waals surface area contributed by atoms with Gasteiger partial charge in [0, 0.05) is 25.7 Å². The number of hydrogen-bond donors (Lipinski definition) is 1. The molecule has 114 valence electrons. The number of rotatable bonds is 9. The summed E-state index contributed by atoms with van der Waals surface area (Å²) in [5, 5.41) is 3.25. The summed E-state index contributed by atoms with van der Waals surface area (Å²) in [7, 11) is 0. The molecule has 0 aromatic carbocycles. The topological polar surface area (TPSA) is 41.0 Å². The van der Waals surface area contributed by atoms with Crippen molar-refractivity contribution >= 4 is 11.6 Å². The van der Waals surface area contributed by atoms with E-state index in [-0.39, 0.29) is 0 Å². The van der Waals surface area contributed by atoms with E-state index in [9.17, 15) is 0 Å². The summed E-state index contributed by atoms with van der Waals surface area (Å²) in [6, 6.07) is 2.06. The molecular weight excluding hydrogens is 248 g/mol. The summed E-state index contributed by atoms with van der Waals surface area (Å²) in [5.74, 6) is 3.38. The Morgan fingerprint density at radius 1 is 1.05 bits per heavy atom.